The van der Waals surface area contributed by atoms with Gasteiger partial charge in [-0.3, -0.25) is 4.90 Å². The maximum Gasteiger partial charge on any atom is 0.133 e. The maximum absolute atomic E-state index is 5.59. The molecular weight excluding hydrogens is 278 g/mol. The number of aromatic nitrogens is 3. The molecular formula is C16H21N5O. The van der Waals surface area contributed by atoms with Crippen LogP contribution in [0.5, 0.6) is 0 Å². The van der Waals surface area contributed by atoms with E-state index in [0.717, 1.165) is 44.2 Å². The number of anilines is 1. The van der Waals surface area contributed by atoms with E-state index in [-0.39, 0.29) is 0 Å². The van der Waals surface area contributed by atoms with Crippen molar-refractivity contribution >= 4 is 5.82 Å². The lowest BCUT2D eigenvalue weighted by atomic mass is 10.2. The molecule has 0 saturated carbocycles. The molecule has 4 heterocycles. The number of nitrogens with one attached hydrogen (secondary N) is 1. The van der Waals surface area contributed by atoms with Gasteiger partial charge in [0.05, 0.1) is 12.6 Å². The molecule has 2 atom stereocenters. The van der Waals surface area contributed by atoms with Gasteiger partial charge in [0.15, 0.2) is 0 Å². The highest BCUT2D eigenvalue weighted by Crippen LogP contribution is 2.32. The zero-order valence-corrected chi connectivity index (χ0v) is 12.8. The molecule has 0 radical (unpaired) electrons. The summed E-state index contributed by atoms with van der Waals surface area (Å²) in [6.07, 6.45) is 6.93. The van der Waals surface area contributed by atoms with Crippen molar-refractivity contribution < 1.29 is 4.74 Å². The molecule has 0 spiro atoms. The van der Waals surface area contributed by atoms with E-state index in [4.69, 9.17) is 4.74 Å². The molecule has 1 N–H and O–H groups in total. The van der Waals surface area contributed by atoms with Crippen LogP contribution in [0.25, 0.3) is 0 Å². The van der Waals surface area contributed by atoms with Gasteiger partial charge in [-0.15, -0.1) is 0 Å². The lowest BCUT2D eigenvalue weighted by Crippen LogP contribution is -2.37. The van der Waals surface area contributed by atoms with Crippen LogP contribution in [0.1, 0.15) is 17.8 Å². The predicted molar refractivity (Wildman–Crippen MR) is 83.5 cm³/mol. The van der Waals surface area contributed by atoms with Crippen LogP contribution in [0.15, 0.2) is 30.7 Å². The SMILES string of the molecule is CO[C@@H]1C[C@@H]2CN(Cc3ncc[nH]3)Cc3cccnc3N2C1. The van der Waals surface area contributed by atoms with Gasteiger partial charge in [-0.05, 0) is 12.5 Å². The van der Waals surface area contributed by atoms with Gasteiger partial charge >= 0.3 is 0 Å². The highest BCUT2D eigenvalue weighted by Gasteiger charge is 2.37. The minimum absolute atomic E-state index is 0.295. The first-order valence-electron chi connectivity index (χ1n) is 7.77. The first kappa shape index (κ1) is 13.7. The Kier molecular flexibility index (Phi) is 3.56. The Morgan fingerprint density at radius 1 is 1.32 bits per heavy atom. The van der Waals surface area contributed by atoms with Gasteiger partial charge in [-0.25, -0.2) is 9.97 Å². The fraction of sp³-hybridized carbons (Fsp3) is 0.500. The van der Waals surface area contributed by atoms with Crippen molar-refractivity contribution in [2.75, 3.05) is 25.1 Å². The van der Waals surface area contributed by atoms with Gasteiger partial charge in [0.25, 0.3) is 0 Å². The summed E-state index contributed by atoms with van der Waals surface area (Å²) in [6, 6.07) is 4.66. The fourth-order valence-corrected chi connectivity index (χ4v) is 3.61. The van der Waals surface area contributed by atoms with Crippen LogP contribution in [0, 0.1) is 0 Å². The molecule has 2 aromatic heterocycles. The molecule has 116 valence electrons. The number of imidazole rings is 1. The minimum Gasteiger partial charge on any atom is -0.380 e. The lowest BCUT2D eigenvalue weighted by Gasteiger charge is -2.26. The summed E-state index contributed by atoms with van der Waals surface area (Å²) in [5.74, 6) is 2.13. The molecule has 2 aliphatic rings. The largest absolute Gasteiger partial charge is 0.380 e. The molecule has 2 aliphatic heterocycles. The molecule has 1 saturated heterocycles. The lowest BCUT2D eigenvalue weighted by molar-refractivity contribution is 0.115. The number of ether oxygens (including phenoxy) is 1. The zero-order chi connectivity index (χ0) is 14.9. The van der Waals surface area contributed by atoms with Crippen LogP contribution >= 0.6 is 0 Å². The number of hydrogen-bond acceptors (Lipinski definition) is 5. The van der Waals surface area contributed by atoms with Crippen molar-refractivity contribution in [2.24, 2.45) is 0 Å². The second-order valence-corrected chi connectivity index (χ2v) is 6.09. The van der Waals surface area contributed by atoms with Gasteiger partial charge in [0.2, 0.25) is 0 Å². The summed E-state index contributed by atoms with van der Waals surface area (Å²) in [5, 5.41) is 0. The highest BCUT2D eigenvalue weighted by molar-refractivity contribution is 5.50. The van der Waals surface area contributed by atoms with E-state index in [0.29, 0.717) is 12.1 Å². The number of hydrogen-bond donors (Lipinski definition) is 1. The monoisotopic (exact) mass is 299 g/mol. The van der Waals surface area contributed by atoms with Crippen molar-refractivity contribution in [1.82, 2.24) is 19.9 Å². The summed E-state index contributed by atoms with van der Waals surface area (Å²) in [4.78, 5) is 17.1. The molecule has 2 aromatic rings. The van der Waals surface area contributed by atoms with Crippen molar-refractivity contribution in [3.05, 3.63) is 42.1 Å². The Hall–Kier alpha value is -1.92. The number of pyridine rings is 1. The molecule has 1 fully saturated rings. The van der Waals surface area contributed by atoms with Crippen LogP contribution in [-0.2, 0) is 17.8 Å². The Bertz CT molecular complexity index is 629. The van der Waals surface area contributed by atoms with E-state index in [9.17, 15) is 0 Å². The van der Waals surface area contributed by atoms with Crippen LogP contribution in [0.2, 0.25) is 0 Å². The predicted octanol–water partition coefficient (Wildman–Crippen LogP) is 1.41. The van der Waals surface area contributed by atoms with Crippen LogP contribution in [-0.4, -0.2) is 52.2 Å². The summed E-state index contributed by atoms with van der Waals surface area (Å²) >= 11 is 0. The number of H-pyrrole nitrogens is 1. The molecule has 0 amide bonds. The van der Waals surface area contributed by atoms with Crippen molar-refractivity contribution in [3.8, 4) is 0 Å². The van der Waals surface area contributed by atoms with Crippen LogP contribution in [0.4, 0.5) is 5.82 Å². The third-order valence-electron chi connectivity index (χ3n) is 4.64. The second kappa shape index (κ2) is 5.70. The average molecular weight is 299 g/mol. The normalized spacial score (nSPS) is 24.9. The molecule has 22 heavy (non-hydrogen) atoms. The number of fused-ring (bicyclic) bond motifs is 3. The standard InChI is InChI=1S/C16H21N5O/c1-22-14-7-13-9-20(11-15-17-5-6-18-15)8-12-3-2-4-19-16(12)21(13)10-14/h2-6,13-14H,7-11H2,1H3,(H,17,18)/t13-,14-/m1/s1. The minimum atomic E-state index is 0.295. The Balaban J connectivity index is 1.63. The van der Waals surface area contributed by atoms with Gasteiger partial charge < -0.3 is 14.6 Å². The Morgan fingerprint density at radius 3 is 3.09 bits per heavy atom. The fourth-order valence-electron chi connectivity index (χ4n) is 3.61. The number of rotatable bonds is 3. The van der Waals surface area contributed by atoms with Crippen LogP contribution < -0.4 is 4.90 Å². The Labute approximate surface area is 130 Å². The van der Waals surface area contributed by atoms with Crippen molar-refractivity contribution in [3.63, 3.8) is 0 Å². The third kappa shape index (κ3) is 2.48. The first-order chi connectivity index (χ1) is 10.8. The molecule has 0 aliphatic carbocycles. The molecule has 4 rings (SSSR count). The summed E-state index contributed by atoms with van der Waals surface area (Å²) < 4.78 is 5.59. The topological polar surface area (TPSA) is 57.3 Å². The molecule has 6 heteroatoms. The van der Waals surface area contributed by atoms with Gasteiger partial charge in [0, 0.05) is 56.9 Å². The summed E-state index contributed by atoms with van der Waals surface area (Å²) in [5.41, 5.74) is 1.29. The van der Waals surface area contributed by atoms with Gasteiger partial charge in [-0.1, -0.05) is 6.07 Å². The molecule has 6 nitrogen and oxygen atoms in total. The highest BCUT2D eigenvalue weighted by atomic mass is 16.5. The molecule has 0 unspecified atom stereocenters. The summed E-state index contributed by atoms with van der Waals surface area (Å²) in [7, 11) is 1.80. The van der Waals surface area contributed by atoms with Crippen LogP contribution in [0.3, 0.4) is 0 Å². The third-order valence-corrected chi connectivity index (χ3v) is 4.64. The first-order valence-corrected chi connectivity index (χ1v) is 7.77. The maximum atomic E-state index is 5.59. The number of aromatic amines is 1. The van der Waals surface area contributed by atoms with E-state index in [2.05, 4.69) is 30.8 Å². The second-order valence-electron chi connectivity index (χ2n) is 6.09. The van der Waals surface area contributed by atoms with Gasteiger partial charge in [-0.2, -0.15) is 0 Å². The van der Waals surface area contributed by atoms with E-state index in [1.165, 1.54) is 5.56 Å². The van der Waals surface area contributed by atoms with E-state index >= 15 is 0 Å². The van der Waals surface area contributed by atoms with Gasteiger partial charge in [0.1, 0.15) is 11.6 Å². The molecule has 0 bridgehead atoms. The van der Waals surface area contributed by atoms with E-state index in [1.807, 2.05) is 24.7 Å². The van der Waals surface area contributed by atoms with E-state index in [1.54, 1.807) is 7.11 Å². The Morgan fingerprint density at radius 2 is 2.27 bits per heavy atom. The quantitative estimate of drug-likeness (QED) is 0.929. The van der Waals surface area contributed by atoms with E-state index < -0.39 is 0 Å². The molecule has 0 aromatic carbocycles. The van der Waals surface area contributed by atoms with Crippen molar-refractivity contribution in [2.45, 2.75) is 31.7 Å². The average Bonchev–Trinajstić information content (AvgIpc) is 3.15. The van der Waals surface area contributed by atoms with Crippen molar-refractivity contribution in [1.29, 1.82) is 0 Å². The zero-order valence-electron chi connectivity index (χ0n) is 12.8. The smallest absolute Gasteiger partial charge is 0.133 e. The summed E-state index contributed by atoms with van der Waals surface area (Å²) in [6.45, 7) is 3.69. The number of methoxy groups -OCH3 is 1. The number of nitrogens with zero attached hydrogens (tertiary/aromatic N) is 4.